The van der Waals surface area contributed by atoms with E-state index in [1.807, 2.05) is 18.2 Å². The Morgan fingerprint density at radius 2 is 1.80 bits per heavy atom. The van der Waals surface area contributed by atoms with E-state index in [0.717, 1.165) is 19.3 Å². The third kappa shape index (κ3) is 7.22. The molecule has 0 fully saturated rings. The lowest BCUT2D eigenvalue weighted by Gasteiger charge is -2.07. The molecular weight excluding hydrogens is 340 g/mol. The van der Waals surface area contributed by atoms with Gasteiger partial charge in [0.1, 0.15) is 0 Å². The maximum atomic E-state index is 11.8. The number of hydrogen-bond acceptors (Lipinski definition) is 4. The Morgan fingerprint density at radius 3 is 2.52 bits per heavy atom. The standard InChI is InChI=1S/C18H22N4O2.ClH/c19-15-10-12-20-13-16(15)22-17(23)9-5-2-6-11-21-18(24)14-7-3-1-4-8-14;/h1,3-4,7-8,10,12-13H,2,5-6,9,11H2,(H2,19,20)(H,21,24)(H,22,23);1H. The molecule has 1 heterocycles. The highest BCUT2D eigenvalue weighted by molar-refractivity contribution is 5.94. The van der Waals surface area contributed by atoms with Gasteiger partial charge >= 0.3 is 0 Å². The molecule has 1 aromatic heterocycles. The van der Waals surface area contributed by atoms with Crippen LogP contribution in [0.3, 0.4) is 0 Å². The number of halogens is 1. The molecule has 7 heteroatoms. The number of nitrogens with zero attached hydrogens (tertiary/aromatic N) is 1. The van der Waals surface area contributed by atoms with Crippen LogP contribution >= 0.6 is 12.4 Å². The van der Waals surface area contributed by atoms with Crippen LogP contribution in [0.15, 0.2) is 48.8 Å². The lowest BCUT2D eigenvalue weighted by Crippen LogP contribution is -2.24. The van der Waals surface area contributed by atoms with Crippen molar-refractivity contribution in [2.24, 2.45) is 0 Å². The summed E-state index contributed by atoms with van der Waals surface area (Å²) in [6.45, 7) is 0.602. The normalized spacial score (nSPS) is 9.76. The molecule has 0 unspecified atom stereocenters. The number of unbranched alkanes of at least 4 members (excludes halogenated alkanes) is 2. The second-order valence-corrected chi connectivity index (χ2v) is 5.44. The molecule has 0 saturated carbocycles. The summed E-state index contributed by atoms with van der Waals surface area (Å²) in [6.07, 6.45) is 5.99. The first-order valence-electron chi connectivity index (χ1n) is 7.99. The monoisotopic (exact) mass is 362 g/mol. The van der Waals surface area contributed by atoms with Gasteiger partial charge in [-0.1, -0.05) is 24.6 Å². The summed E-state index contributed by atoms with van der Waals surface area (Å²) in [7, 11) is 0. The topological polar surface area (TPSA) is 97.1 Å². The van der Waals surface area contributed by atoms with E-state index < -0.39 is 0 Å². The van der Waals surface area contributed by atoms with Crippen molar-refractivity contribution in [2.45, 2.75) is 25.7 Å². The molecule has 4 N–H and O–H groups in total. The number of benzene rings is 1. The van der Waals surface area contributed by atoms with Crippen molar-refractivity contribution < 1.29 is 9.59 Å². The molecule has 134 valence electrons. The van der Waals surface area contributed by atoms with Crippen molar-refractivity contribution in [2.75, 3.05) is 17.6 Å². The van der Waals surface area contributed by atoms with Crippen LogP contribution in [0.2, 0.25) is 0 Å². The smallest absolute Gasteiger partial charge is 0.251 e. The van der Waals surface area contributed by atoms with Crippen molar-refractivity contribution >= 4 is 35.6 Å². The molecule has 0 spiro atoms. The van der Waals surface area contributed by atoms with Gasteiger partial charge in [0, 0.05) is 24.7 Å². The quantitative estimate of drug-likeness (QED) is 0.629. The lowest BCUT2D eigenvalue weighted by molar-refractivity contribution is -0.116. The third-order valence-electron chi connectivity index (χ3n) is 3.53. The van der Waals surface area contributed by atoms with Gasteiger partial charge in [-0.3, -0.25) is 14.6 Å². The predicted octanol–water partition coefficient (Wildman–Crippen LogP) is 3.01. The summed E-state index contributed by atoms with van der Waals surface area (Å²) in [4.78, 5) is 27.6. The Bertz CT molecular complexity index is 680. The Hall–Kier alpha value is -2.60. The Morgan fingerprint density at radius 1 is 1.04 bits per heavy atom. The molecule has 2 rings (SSSR count). The van der Waals surface area contributed by atoms with Crippen LogP contribution in [0.25, 0.3) is 0 Å². The van der Waals surface area contributed by atoms with Crippen LogP contribution in [0.4, 0.5) is 11.4 Å². The van der Waals surface area contributed by atoms with Crippen LogP contribution in [-0.4, -0.2) is 23.3 Å². The highest BCUT2D eigenvalue weighted by Gasteiger charge is 2.06. The molecule has 0 bridgehead atoms. The lowest BCUT2D eigenvalue weighted by atomic mass is 10.1. The molecule has 0 aliphatic rings. The average Bonchev–Trinajstić information content (AvgIpc) is 2.60. The molecule has 0 aliphatic heterocycles. The molecule has 0 radical (unpaired) electrons. The van der Waals surface area contributed by atoms with E-state index in [1.165, 1.54) is 6.20 Å². The number of nitrogens with two attached hydrogens (primary N) is 1. The highest BCUT2D eigenvalue weighted by atomic mass is 35.5. The summed E-state index contributed by atoms with van der Waals surface area (Å²) in [6, 6.07) is 10.8. The second kappa shape index (κ2) is 11.0. The average molecular weight is 363 g/mol. The number of amides is 2. The fourth-order valence-electron chi connectivity index (χ4n) is 2.20. The fourth-order valence-corrected chi connectivity index (χ4v) is 2.20. The zero-order chi connectivity index (χ0) is 17.2. The van der Waals surface area contributed by atoms with Crippen LogP contribution < -0.4 is 16.4 Å². The highest BCUT2D eigenvalue weighted by Crippen LogP contribution is 2.15. The predicted molar refractivity (Wildman–Crippen MR) is 102 cm³/mol. The van der Waals surface area contributed by atoms with Crippen LogP contribution in [0.1, 0.15) is 36.0 Å². The number of nitrogen functional groups attached to an aromatic ring is 1. The van der Waals surface area contributed by atoms with Gasteiger partial charge in [0.25, 0.3) is 5.91 Å². The van der Waals surface area contributed by atoms with Gasteiger partial charge in [-0.2, -0.15) is 0 Å². The molecule has 0 saturated heterocycles. The van der Waals surface area contributed by atoms with Crippen LogP contribution in [0.5, 0.6) is 0 Å². The van der Waals surface area contributed by atoms with E-state index in [2.05, 4.69) is 15.6 Å². The number of aromatic nitrogens is 1. The molecule has 0 aliphatic carbocycles. The summed E-state index contributed by atoms with van der Waals surface area (Å²) in [5.41, 5.74) is 7.44. The second-order valence-electron chi connectivity index (χ2n) is 5.44. The first-order chi connectivity index (χ1) is 11.7. The first kappa shape index (κ1) is 20.4. The number of carbonyl (C=O) groups excluding carboxylic acids is 2. The van der Waals surface area contributed by atoms with Gasteiger partial charge in [-0.05, 0) is 31.0 Å². The van der Waals surface area contributed by atoms with E-state index in [1.54, 1.807) is 24.4 Å². The number of anilines is 2. The number of nitrogens with one attached hydrogen (secondary N) is 2. The molecule has 2 amide bonds. The summed E-state index contributed by atoms with van der Waals surface area (Å²) < 4.78 is 0. The van der Waals surface area contributed by atoms with Crippen molar-refractivity contribution in [3.05, 3.63) is 54.4 Å². The van der Waals surface area contributed by atoms with Gasteiger partial charge in [0.2, 0.25) is 5.91 Å². The van der Waals surface area contributed by atoms with Crippen LogP contribution in [-0.2, 0) is 4.79 Å². The van der Waals surface area contributed by atoms with Crippen molar-refractivity contribution in [1.82, 2.24) is 10.3 Å². The number of hydrogen-bond donors (Lipinski definition) is 3. The molecule has 2 aromatic rings. The summed E-state index contributed by atoms with van der Waals surface area (Å²) in [5, 5.41) is 5.61. The van der Waals surface area contributed by atoms with Gasteiger partial charge in [0.05, 0.1) is 17.6 Å². The van der Waals surface area contributed by atoms with E-state index in [0.29, 0.717) is 29.9 Å². The van der Waals surface area contributed by atoms with Gasteiger partial charge in [0.15, 0.2) is 0 Å². The molecule has 6 nitrogen and oxygen atoms in total. The van der Waals surface area contributed by atoms with Gasteiger partial charge < -0.3 is 16.4 Å². The summed E-state index contributed by atoms with van der Waals surface area (Å²) >= 11 is 0. The molecule has 25 heavy (non-hydrogen) atoms. The molecule has 0 atom stereocenters. The first-order valence-corrected chi connectivity index (χ1v) is 7.99. The van der Waals surface area contributed by atoms with E-state index in [9.17, 15) is 9.59 Å². The SMILES string of the molecule is Cl.Nc1ccncc1NC(=O)CCCCCNC(=O)c1ccccc1. The number of carbonyl (C=O) groups is 2. The Kier molecular flexibility index (Phi) is 9.03. The van der Waals surface area contributed by atoms with Gasteiger partial charge in [-0.25, -0.2) is 0 Å². The minimum Gasteiger partial charge on any atom is -0.397 e. The zero-order valence-electron chi connectivity index (χ0n) is 13.9. The maximum Gasteiger partial charge on any atom is 0.251 e. The van der Waals surface area contributed by atoms with Crippen LogP contribution in [0, 0.1) is 0 Å². The summed E-state index contributed by atoms with van der Waals surface area (Å²) in [5.74, 6) is -0.150. The fraction of sp³-hybridized carbons (Fsp3) is 0.278. The maximum absolute atomic E-state index is 11.8. The largest absolute Gasteiger partial charge is 0.397 e. The minimum atomic E-state index is -0.0805. The van der Waals surface area contributed by atoms with Gasteiger partial charge in [-0.15, -0.1) is 12.4 Å². The van der Waals surface area contributed by atoms with E-state index in [-0.39, 0.29) is 24.2 Å². The molecular formula is C18H23ClN4O2. The minimum absolute atomic E-state index is 0. The van der Waals surface area contributed by atoms with E-state index in [4.69, 9.17) is 5.73 Å². The Balaban J connectivity index is 0.00000312. The van der Waals surface area contributed by atoms with Crippen molar-refractivity contribution in [3.8, 4) is 0 Å². The van der Waals surface area contributed by atoms with Crippen molar-refractivity contribution in [3.63, 3.8) is 0 Å². The van der Waals surface area contributed by atoms with Crippen molar-refractivity contribution in [1.29, 1.82) is 0 Å². The third-order valence-corrected chi connectivity index (χ3v) is 3.53. The number of pyridine rings is 1. The Labute approximate surface area is 153 Å². The molecule has 1 aromatic carbocycles. The van der Waals surface area contributed by atoms with E-state index >= 15 is 0 Å². The number of rotatable bonds is 8. The zero-order valence-corrected chi connectivity index (χ0v) is 14.7.